The van der Waals surface area contributed by atoms with Crippen molar-refractivity contribution >= 4 is 18.3 Å². The van der Waals surface area contributed by atoms with Crippen molar-refractivity contribution in [1.82, 2.24) is 15.5 Å². The number of hydrogen-bond donors (Lipinski definition) is 2. The first-order valence-electron chi connectivity index (χ1n) is 8.63. The number of carbonyl (C=O) groups excluding carboxylic acids is 1. The minimum absolute atomic E-state index is 0. The summed E-state index contributed by atoms with van der Waals surface area (Å²) in [5.74, 6) is 1.06. The average molecular weight is 356 g/mol. The second-order valence-corrected chi connectivity index (χ2v) is 6.06. The maximum Gasteiger partial charge on any atom is 0.220 e. The molecule has 1 fully saturated rings. The van der Waals surface area contributed by atoms with Gasteiger partial charge in [-0.05, 0) is 37.5 Å². The standard InChI is InChI=1S/C18H29N3O2.ClH/c1-16-5-4-6-17(15-16)23-14-3-2-7-18(22)20-10-13-21-11-8-19-9-12-21;/h4-6,15,19H,2-3,7-14H2,1H3,(H,20,22);1H. The predicted molar refractivity (Wildman–Crippen MR) is 100 cm³/mol. The lowest BCUT2D eigenvalue weighted by Gasteiger charge is -2.27. The van der Waals surface area contributed by atoms with Gasteiger partial charge in [0.05, 0.1) is 6.61 Å². The number of unbranched alkanes of at least 4 members (excludes halogenated alkanes) is 1. The first kappa shape index (κ1) is 20.7. The van der Waals surface area contributed by atoms with Crippen LogP contribution in [0.25, 0.3) is 0 Å². The number of piperazine rings is 1. The number of halogens is 1. The molecule has 2 N–H and O–H groups in total. The molecule has 1 heterocycles. The Morgan fingerprint density at radius 2 is 2.08 bits per heavy atom. The van der Waals surface area contributed by atoms with Crippen LogP contribution in [0.1, 0.15) is 24.8 Å². The molecule has 0 radical (unpaired) electrons. The fourth-order valence-corrected chi connectivity index (χ4v) is 2.66. The van der Waals surface area contributed by atoms with Gasteiger partial charge in [0.15, 0.2) is 0 Å². The average Bonchev–Trinajstić information content (AvgIpc) is 2.55. The van der Waals surface area contributed by atoms with Crippen LogP contribution in [0.4, 0.5) is 0 Å². The maximum absolute atomic E-state index is 11.8. The topological polar surface area (TPSA) is 53.6 Å². The number of aryl methyl sites for hydroxylation is 1. The molecule has 0 aromatic heterocycles. The van der Waals surface area contributed by atoms with Gasteiger partial charge in [0.25, 0.3) is 0 Å². The smallest absolute Gasteiger partial charge is 0.220 e. The van der Waals surface area contributed by atoms with E-state index >= 15 is 0 Å². The third kappa shape index (κ3) is 8.52. The lowest BCUT2D eigenvalue weighted by Crippen LogP contribution is -2.46. The third-order valence-electron chi connectivity index (χ3n) is 4.02. The Morgan fingerprint density at radius 1 is 1.29 bits per heavy atom. The van der Waals surface area contributed by atoms with Crippen LogP contribution in [0.15, 0.2) is 24.3 Å². The highest BCUT2D eigenvalue weighted by Gasteiger charge is 2.09. The maximum atomic E-state index is 11.8. The Hall–Kier alpha value is -1.30. The minimum Gasteiger partial charge on any atom is -0.494 e. The van der Waals surface area contributed by atoms with Gasteiger partial charge in [-0.3, -0.25) is 9.69 Å². The summed E-state index contributed by atoms with van der Waals surface area (Å²) >= 11 is 0. The van der Waals surface area contributed by atoms with Gasteiger partial charge in [0.2, 0.25) is 5.91 Å². The van der Waals surface area contributed by atoms with E-state index in [1.165, 1.54) is 5.56 Å². The number of nitrogens with one attached hydrogen (secondary N) is 2. The van der Waals surface area contributed by atoms with Gasteiger partial charge in [-0.25, -0.2) is 0 Å². The first-order chi connectivity index (χ1) is 11.2. The van der Waals surface area contributed by atoms with Gasteiger partial charge >= 0.3 is 0 Å². The summed E-state index contributed by atoms with van der Waals surface area (Å²) in [5.41, 5.74) is 1.20. The van der Waals surface area contributed by atoms with E-state index in [0.717, 1.165) is 57.9 Å². The molecule has 0 spiro atoms. The number of nitrogens with zero attached hydrogens (tertiary/aromatic N) is 1. The van der Waals surface area contributed by atoms with Crippen LogP contribution in [-0.4, -0.2) is 56.7 Å². The second-order valence-electron chi connectivity index (χ2n) is 6.06. The van der Waals surface area contributed by atoms with Crippen LogP contribution in [0.3, 0.4) is 0 Å². The van der Waals surface area contributed by atoms with Crippen molar-refractivity contribution in [3.8, 4) is 5.75 Å². The van der Waals surface area contributed by atoms with Crippen molar-refractivity contribution in [1.29, 1.82) is 0 Å². The van der Waals surface area contributed by atoms with E-state index in [9.17, 15) is 4.79 Å². The van der Waals surface area contributed by atoms with E-state index in [0.29, 0.717) is 13.0 Å². The van der Waals surface area contributed by atoms with E-state index in [2.05, 4.69) is 28.5 Å². The van der Waals surface area contributed by atoms with E-state index in [1.54, 1.807) is 0 Å². The molecule has 0 saturated carbocycles. The summed E-state index contributed by atoms with van der Waals surface area (Å²) < 4.78 is 5.68. The number of benzene rings is 1. The lowest BCUT2D eigenvalue weighted by atomic mass is 10.2. The molecule has 1 aliphatic heterocycles. The van der Waals surface area contributed by atoms with E-state index < -0.39 is 0 Å². The summed E-state index contributed by atoms with van der Waals surface area (Å²) in [7, 11) is 0. The van der Waals surface area contributed by atoms with Gasteiger partial charge in [0.1, 0.15) is 5.75 Å². The zero-order chi connectivity index (χ0) is 16.3. The molecule has 6 heteroatoms. The number of ether oxygens (including phenoxy) is 1. The first-order valence-corrected chi connectivity index (χ1v) is 8.63. The van der Waals surface area contributed by atoms with Gasteiger partial charge in [-0.1, -0.05) is 12.1 Å². The van der Waals surface area contributed by atoms with Crippen molar-refractivity contribution in [3.05, 3.63) is 29.8 Å². The highest BCUT2D eigenvalue weighted by molar-refractivity contribution is 5.85. The molecule has 1 aromatic carbocycles. The summed E-state index contributed by atoms with van der Waals surface area (Å²) in [6, 6.07) is 8.05. The summed E-state index contributed by atoms with van der Waals surface area (Å²) in [5, 5.41) is 6.33. The van der Waals surface area contributed by atoms with Gasteiger partial charge < -0.3 is 15.4 Å². The van der Waals surface area contributed by atoms with Crippen LogP contribution in [0, 0.1) is 6.92 Å². The Kier molecular flexibility index (Phi) is 10.5. The summed E-state index contributed by atoms with van der Waals surface area (Å²) in [6.45, 7) is 8.67. The Labute approximate surface area is 151 Å². The van der Waals surface area contributed by atoms with Crippen LogP contribution < -0.4 is 15.4 Å². The van der Waals surface area contributed by atoms with Crippen LogP contribution in [-0.2, 0) is 4.79 Å². The monoisotopic (exact) mass is 355 g/mol. The number of rotatable bonds is 9. The van der Waals surface area contributed by atoms with Crippen molar-refractivity contribution in [2.45, 2.75) is 26.2 Å². The van der Waals surface area contributed by atoms with Gasteiger partial charge in [-0.15, -0.1) is 12.4 Å². The van der Waals surface area contributed by atoms with Gasteiger partial charge in [-0.2, -0.15) is 0 Å². The Bertz CT molecular complexity index is 479. The van der Waals surface area contributed by atoms with Gasteiger partial charge in [0, 0.05) is 45.7 Å². The molecule has 0 bridgehead atoms. The van der Waals surface area contributed by atoms with Crippen molar-refractivity contribution in [2.75, 3.05) is 45.9 Å². The Morgan fingerprint density at radius 3 is 2.83 bits per heavy atom. The highest BCUT2D eigenvalue weighted by Crippen LogP contribution is 2.12. The molecular formula is C18H30ClN3O2. The molecular weight excluding hydrogens is 326 g/mol. The van der Waals surface area contributed by atoms with Crippen molar-refractivity contribution in [3.63, 3.8) is 0 Å². The van der Waals surface area contributed by atoms with Crippen LogP contribution in [0.5, 0.6) is 5.75 Å². The van der Waals surface area contributed by atoms with Crippen LogP contribution in [0.2, 0.25) is 0 Å². The van der Waals surface area contributed by atoms with Crippen molar-refractivity contribution in [2.24, 2.45) is 0 Å². The zero-order valence-corrected chi connectivity index (χ0v) is 15.4. The SMILES string of the molecule is Cc1cccc(OCCCCC(=O)NCCN2CCNCC2)c1.Cl. The number of carbonyl (C=O) groups is 1. The zero-order valence-electron chi connectivity index (χ0n) is 14.6. The molecule has 136 valence electrons. The molecule has 5 nitrogen and oxygen atoms in total. The number of amides is 1. The van der Waals surface area contributed by atoms with E-state index in [-0.39, 0.29) is 18.3 Å². The number of hydrogen-bond acceptors (Lipinski definition) is 4. The summed E-state index contributed by atoms with van der Waals surface area (Å²) in [4.78, 5) is 14.2. The Balaban J connectivity index is 0.00000288. The molecule has 0 aliphatic carbocycles. The fraction of sp³-hybridized carbons (Fsp3) is 0.611. The molecule has 24 heavy (non-hydrogen) atoms. The quantitative estimate of drug-likeness (QED) is 0.665. The molecule has 2 rings (SSSR count). The summed E-state index contributed by atoms with van der Waals surface area (Å²) in [6.07, 6.45) is 2.35. The molecule has 1 amide bonds. The molecule has 1 aliphatic rings. The second kappa shape index (κ2) is 12.1. The molecule has 1 aromatic rings. The minimum atomic E-state index is 0. The van der Waals surface area contributed by atoms with E-state index in [4.69, 9.17) is 4.74 Å². The fourth-order valence-electron chi connectivity index (χ4n) is 2.66. The normalized spacial score (nSPS) is 14.7. The molecule has 1 saturated heterocycles. The van der Waals surface area contributed by atoms with Crippen LogP contribution >= 0.6 is 12.4 Å². The molecule has 0 unspecified atom stereocenters. The molecule has 0 atom stereocenters. The largest absolute Gasteiger partial charge is 0.494 e. The third-order valence-corrected chi connectivity index (χ3v) is 4.02. The van der Waals surface area contributed by atoms with Crippen molar-refractivity contribution < 1.29 is 9.53 Å². The highest BCUT2D eigenvalue weighted by atomic mass is 35.5. The lowest BCUT2D eigenvalue weighted by molar-refractivity contribution is -0.121. The van der Waals surface area contributed by atoms with E-state index in [1.807, 2.05) is 18.2 Å². The predicted octanol–water partition coefficient (Wildman–Crippen LogP) is 1.99.